The molecule has 16 heavy (non-hydrogen) atoms. The van der Waals surface area contributed by atoms with Crippen molar-refractivity contribution in [3.05, 3.63) is 12.2 Å². The summed E-state index contributed by atoms with van der Waals surface area (Å²) in [6.07, 6.45) is 8.21. The second-order valence-corrected chi connectivity index (χ2v) is 4.28. The Balaban J connectivity index is 2.31. The third kappa shape index (κ3) is 2.14. The Morgan fingerprint density at radius 3 is 2.44 bits per heavy atom. The Kier molecular flexibility index (Phi) is 3.33. The van der Waals surface area contributed by atoms with Crippen LogP contribution >= 0.6 is 0 Å². The summed E-state index contributed by atoms with van der Waals surface area (Å²) in [6, 6.07) is 0. The van der Waals surface area contributed by atoms with Gasteiger partial charge in [0.15, 0.2) is 5.82 Å². The zero-order valence-electron chi connectivity index (χ0n) is 9.65. The van der Waals surface area contributed by atoms with E-state index >= 15 is 0 Å². The van der Waals surface area contributed by atoms with Crippen LogP contribution in [-0.2, 0) is 10.3 Å². The van der Waals surface area contributed by atoms with E-state index in [-0.39, 0.29) is 11.5 Å². The molecule has 88 valence electrons. The first-order chi connectivity index (χ1) is 7.77. The van der Waals surface area contributed by atoms with Crippen LogP contribution in [0, 0.1) is 0 Å². The molecule has 0 saturated heterocycles. The molecule has 1 aliphatic rings. The van der Waals surface area contributed by atoms with Crippen molar-refractivity contribution in [1.82, 2.24) is 15.0 Å². The molecule has 1 aromatic heterocycles. The van der Waals surface area contributed by atoms with Gasteiger partial charge in [-0.2, -0.15) is 4.98 Å². The van der Waals surface area contributed by atoms with Crippen molar-refractivity contribution in [3.63, 3.8) is 0 Å². The maximum absolute atomic E-state index is 5.69. The predicted molar refractivity (Wildman–Crippen MR) is 60.6 cm³/mol. The number of rotatable bonds is 2. The zero-order valence-corrected chi connectivity index (χ0v) is 9.65. The molecule has 0 radical (unpaired) electrons. The first-order valence-corrected chi connectivity index (χ1v) is 5.77. The van der Waals surface area contributed by atoms with Crippen molar-refractivity contribution < 1.29 is 4.74 Å². The molecule has 1 heterocycles. The summed E-state index contributed by atoms with van der Waals surface area (Å²) >= 11 is 0. The number of nitrogens with zero attached hydrogens (tertiary/aromatic N) is 3. The second-order valence-electron chi connectivity index (χ2n) is 4.28. The van der Waals surface area contributed by atoms with Gasteiger partial charge in [-0.05, 0) is 12.8 Å². The molecule has 0 unspecified atom stereocenters. The van der Waals surface area contributed by atoms with Crippen molar-refractivity contribution in [2.75, 3.05) is 12.8 Å². The second kappa shape index (κ2) is 4.74. The molecule has 0 bridgehead atoms. The molecule has 0 atom stereocenters. The monoisotopic (exact) mass is 222 g/mol. The predicted octanol–water partition coefficient (Wildman–Crippen LogP) is 1.65. The number of hydrogen-bond donors (Lipinski definition) is 1. The summed E-state index contributed by atoms with van der Waals surface area (Å²) < 4.78 is 5.69. The SMILES string of the molecule is COC1(c2ncnc(N)n2)CCCCCC1. The number of aromatic nitrogens is 3. The van der Waals surface area contributed by atoms with Crippen LogP contribution < -0.4 is 5.73 Å². The molecule has 5 heteroatoms. The summed E-state index contributed by atoms with van der Waals surface area (Å²) in [4.78, 5) is 12.3. The quantitative estimate of drug-likeness (QED) is 0.770. The van der Waals surface area contributed by atoms with Crippen LogP contribution in [-0.4, -0.2) is 22.1 Å². The van der Waals surface area contributed by atoms with Crippen LogP contribution in [0.4, 0.5) is 5.95 Å². The highest BCUT2D eigenvalue weighted by Crippen LogP contribution is 2.36. The summed E-state index contributed by atoms with van der Waals surface area (Å²) in [6.45, 7) is 0. The minimum absolute atomic E-state index is 0.269. The maximum atomic E-state index is 5.69. The van der Waals surface area contributed by atoms with E-state index in [9.17, 15) is 0 Å². The third-order valence-corrected chi connectivity index (χ3v) is 3.30. The van der Waals surface area contributed by atoms with Crippen LogP contribution in [0.25, 0.3) is 0 Å². The van der Waals surface area contributed by atoms with Gasteiger partial charge >= 0.3 is 0 Å². The van der Waals surface area contributed by atoms with E-state index < -0.39 is 0 Å². The van der Waals surface area contributed by atoms with Crippen molar-refractivity contribution in [1.29, 1.82) is 0 Å². The van der Waals surface area contributed by atoms with Crippen molar-refractivity contribution in [2.45, 2.75) is 44.1 Å². The van der Waals surface area contributed by atoms with Gasteiger partial charge in [0.25, 0.3) is 0 Å². The van der Waals surface area contributed by atoms with E-state index in [0.29, 0.717) is 5.82 Å². The van der Waals surface area contributed by atoms with Gasteiger partial charge in [-0.3, -0.25) is 0 Å². The highest BCUT2D eigenvalue weighted by Gasteiger charge is 2.35. The van der Waals surface area contributed by atoms with E-state index in [2.05, 4.69) is 15.0 Å². The Labute approximate surface area is 95.5 Å². The lowest BCUT2D eigenvalue weighted by Crippen LogP contribution is -2.30. The smallest absolute Gasteiger partial charge is 0.223 e. The first-order valence-electron chi connectivity index (χ1n) is 5.77. The molecule has 1 aromatic rings. The maximum Gasteiger partial charge on any atom is 0.223 e. The van der Waals surface area contributed by atoms with Gasteiger partial charge in [0.1, 0.15) is 11.9 Å². The number of nitrogens with two attached hydrogens (primary N) is 1. The largest absolute Gasteiger partial charge is 0.370 e. The number of nitrogen functional groups attached to an aromatic ring is 1. The van der Waals surface area contributed by atoms with Gasteiger partial charge in [-0.1, -0.05) is 25.7 Å². The van der Waals surface area contributed by atoms with Crippen LogP contribution in [0.3, 0.4) is 0 Å². The average molecular weight is 222 g/mol. The number of ether oxygens (including phenoxy) is 1. The Hall–Kier alpha value is -1.23. The van der Waals surface area contributed by atoms with Crippen molar-refractivity contribution in [3.8, 4) is 0 Å². The fourth-order valence-electron chi connectivity index (χ4n) is 2.35. The minimum Gasteiger partial charge on any atom is -0.370 e. The average Bonchev–Trinajstić information content (AvgIpc) is 2.55. The Bertz CT molecular complexity index is 348. The molecule has 1 saturated carbocycles. The van der Waals surface area contributed by atoms with E-state index in [1.807, 2.05) is 0 Å². The van der Waals surface area contributed by atoms with Gasteiger partial charge in [-0.25, -0.2) is 9.97 Å². The minimum atomic E-state index is -0.354. The molecule has 1 aliphatic carbocycles. The van der Waals surface area contributed by atoms with Gasteiger partial charge in [0, 0.05) is 7.11 Å². The zero-order chi connectivity index (χ0) is 11.4. The molecule has 0 spiro atoms. The fourth-order valence-corrected chi connectivity index (χ4v) is 2.35. The molecular formula is C11H18N4O. The fraction of sp³-hybridized carbons (Fsp3) is 0.727. The standard InChI is InChI=1S/C11H18N4O/c1-16-11(6-4-2-3-5-7-11)9-13-8-14-10(12)15-9/h8H,2-7H2,1H3,(H2,12,13,14,15). The molecule has 0 amide bonds. The third-order valence-electron chi connectivity index (χ3n) is 3.30. The molecule has 1 fully saturated rings. The Morgan fingerprint density at radius 2 is 1.88 bits per heavy atom. The van der Waals surface area contributed by atoms with Crippen LogP contribution in [0.2, 0.25) is 0 Å². The van der Waals surface area contributed by atoms with Crippen LogP contribution in [0.5, 0.6) is 0 Å². The topological polar surface area (TPSA) is 73.9 Å². The van der Waals surface area contributed by atoms with E-state index in [0.717, 1.165) is 25.7 Å². The molecule has 5 nitrogen and oxygen atoms in total. The van der Waals surface area contributed by atoms with Gasteiger partial charge in [0.2, 0.25) is 5.95 Å². The van der Waals surface area contributed by atoms with E-state index in [1.54, 1.807) is 7.11 Å². The number of methoxy groups -OCH3 is 1. The van der Waals surface area contributed by atoms with Crippen molar-refractivity contribution in [2.24, 2.45) is 0 Å². The molecule has 0 aromatic carbocycles. The first kappa shape index (κ1) is 11.3. The highest BCUT2D eigenvalue weighted by atomic mass is 16.5. The molecule has 2 rings (SSSR count). The van der Waals surface area contributed by atoms with Crippen LogP contribution in [0.15, 0.2) is 6.33 Å². The lowest BCUT2D eigenvalue weighted by atomic mass is 9.93. The van der Waals surface area contributed by atoms with Gasteiger partial charge in [0.05, 0.1) is 0 Å². The summed E-state index contributed by atoms with van der Waals surface area (Å²) in [5, 5.41) is 0. The lowest BCUT2D eigenvalue weighted by Gasteiger charge is -2.29. The summed E-state index contributed by atoms with van der Waals surface area (Å²) in [7, 11) is 1.73. The molecular weight excluding hydrogens is 204 g/mol. The summed E-state index contributed by atoms with van der Waals surface area (Å²) in [5.41, 5.74) is 5.25. The molecule has 2 N–H and O–H groups in total. The summed E-state index contributed by atoms with van der Waals surface area (Å²) in [5.74, 6) is 0.954. The molecule has 0 aliphatic heterocycles. The normalized spacial score (nSPS) is 20.3. The van der Waals surface area contributed by atoms with Gasteiger partial charge < -0.3 is 10.5 Å². The lowest BCUT2D eigenvalue weighted by molar-refractivity contribution is -0.0352. The van der Waals surface area contributed by atoms with Crippen molar-refractivity contribution >= 4 is 5.95 Å². The van der Waals surface area contributed by atoms with Gasteiger partial charge in [-0.15, -0.1) is 0 Å². The van der Waals surface area contributed by atoms with Crippen LogP contribution in [0.1, 0.15) is 44.3 Å². The number of hydrogen-bond acceptors (Lipinski definition) is 5. The van der Waals surface area contributed by atoms with E-state index in [4.69, 9.17) is 10.5 Å². The highest BCUT2D eigenvalue weighted by molar-refractivity contribution is 5.16. The number of anilines is 1. The van der Waals surface area contributed by atoms with E-state index in [1.165, 1.54) is 19.2 Å². The Morgan fingerprint density at radius 1 is 1.19 bits per heavy atom.